The van der Waals surface area contributed by atoms with Crippen LogP contribution in [0, 0.1) is 0 Å². The van der Waals surface area contributed by atoms with Gasteiger partial charge in [0.15, 0.2) is 17.0 Å². The van der Waals surface area contributed by atoms with Crippen molar-refractivity contribution >= 4 is 22.9 Å². The van der Waals surface area contributed by atoms with Gasteiger partial charge in [0.2, 0.25) is 5.95 Å². The fraction of sp³-hybridized carbons (Fsp3) is 0.783. The minimum absolute atomic E-state index is 0.350. The van der Waals surface area contributed by atoms with Crippen LogP contribution < -0.4 is 10.6 Å². The molecular weight excluding hydrogens is 402 g/mol. The molecule has 9 heteroatoms. The molecule has 0 aromatic carbocycles. The third-order valence-corrected chi connectivity index (χ3v) is 7.70. The summed E-state index contributed by atoms with van der Waals surface area (Å²) in [5.41, 5.74) is 7.91. The van der Waals surface area contributed by atoms with E-state index >= 15 is 0 Å². The van der Waals surface area contributed by atoms with Gasteiger partial charge in [0.25, 0.3) is 0 Å². The molecule has 2 saturated heterocycles. The molecule has 4 heterocycles. The number of nitrogen functional groups attached to an aromatic ring is 1. The Hall–Kier alpha value is -1.97. The Morgan fingerprint density at radius 1 is 0.906 bits per heavy atom. The molecule has 0 radical (unpaired) electrons. The number of hydrogen-bond acceptors (Lipinski definition) is 8. The van der Waals surface area contributed by atoms with Gasteiger partial charge in [-0.25, -0.2) is 4.98 Å². The van der Waals surface area contributed by atoms with Gasteiger partial charge in [-0.2, -0.15) is 9.97 Å². The lowest BCUT2D eigenvalue weighted by Gasteiger charge is -2.38. The smallest absolute Gasteiger partial charge is 0.224 e. The number of nitrogens with two attached hydrogens (primary N) is 1. The molecule has 9 nitrogen and oxygen atoms in total. The Balaban J connectivity index is 1.21. The van der Waals surface area contributed by atoms with Gasteiger partial charge in [0, 0.05) is 64.9 Å². The van der Waals surface area contributed by atoms with E-state index in [4.69, 9.17) is 10.7 Å². The zero-order valence-electron chi connectivity index (χ0n) is 19.6. The summed E-state index contributed by atoms with van der Waals surface area (Å²) in [4.78, 5) is 24.0. The highest BCUT2D eigenvalue weighted by molar-refractivity contribution is 5.84. The molecule has 0 spiro atoms. The number of imidazole rings is 1. The van der Waals surface area contributed by atoms with Crippen LogP contribution >= 0.6 is 0 Å². The molecule has 3 aliphatic rings. The number of fused-ring (bicyclic) bond motifs is 1. The number of piperazine rings is 2. The van der Waals surface area contributed by atoms with Crippen LogP contribution in [0.1, 0.15) is 39.0 Å². The van der Waals surface area contributed by atoms with Crippen LogP contribution in [-0.4, -0.2) is 106 Å². The molecule has 3 fully saturated rings. The van der Waals surface area contributed by atoms with E-state index in [9.17, 15) is 0 Å². The van der Waals surface area contributed by atoms with Gasteiger partial charge < -0.3 is 25.0 Å². The van der Waals surface area contributed by atoms with E-state index in [1.165, 1.54) is 51.9 Å². The highest BCUT2D eigenvalue weighted by atomic mass is 15.3. The van der Waals surface area contributed by atoms with E-state index in [0.29, 0.717) is 5.95 Å². The zero-order valence-corrected chi connectivity index (χ0v) is 19.6. The van der Waals surface area contributed by atoms with Crippen molar-refractivity contribution in [2.24, 2.45) is 0 Å². The lowest BCUT2D eigenvalue weighted by molar-refractivity contribution is 0.135. The third kappa shape index (κ3) is 4.70. The van der Waals surface area contributed by atoms with Crippen LogP contribution in [0.15, 0.2) is 6.33 Å². The number of nitrogens with zero attached hydrogens (tertiary/aromatic N) is 8. The molecule has 1 aliphatic carbocycles. The SMILES string of the molecule is CCN1CCN(CCCn2cnc3c(N4CCN(C5CCCC5)CC4)nc(N)nc32)CC1. The molecule has 1 saturated carbocycles. The standard InChI is InChI=1S/C23H39N9/c1-2-28-10-12-29(13-11-28)8-5-9-32-18-25-20-21(26-23(24)27-22(20)32)31-16-14-30(15-17-31)19-6-3-4-7-19/h18-19H,2-17H2,1H3,(H2,24,26,27). The van der Waals surface area contributed by atoms with Crippen molar-refractivity contribution in [2.75, 3.05) is 76.1 Å². The highest BCUT2D eigenvalue weighted by Crippen LogP contribution is 2.28. The molecule has 32 heavy (non-hydrogen) atoms. The number of rotatable bonds is 7. The molecule has 0 bridgehead atoms. The summed E-state index contributed by atoms with van der Waals surface area (Å²) >= 11 is 0. The van der Waals surface area contributed by atoms with Gasteiger partial charge in [-0.3, -0.25) is 4.90 Å². The Morgan fingerprint density at radius 2 is 1.62 bits per heavy atom. The molecule has 0 amide bonds. The topological polar surface area (TPSA) is 82.6 Å². The van der Waals surface area contributed by atoms with Crippen LogP contribution in [0.25, 0.3) is 11.2 Å². The minimum atomic E-state index is 0.350. The average molecular weight is 442 g/mol. The Labute approximate surface area is 191 Å². The van der Waals surface area contributed by atoms with Crippen molar-refractivity contribution < 1.29 is 0 Å². The van der Waals surface area contributed by atoms with Crippen molar-refractivity contribution in [3.05, 3.63) is 6.33 Å². The van der Waals surface area contributed by atoms with E-state index in [1.54, 1.807) is 0 Å². The van der Waals surface area contributed by atoms with Crippen LogP contribution in [0.3, 0.4) is 0 Å². The van der Waals surface area contributed by atoms with Crippen molar-refractivity contribution in [1.29, 1.82) is 0 Å². The first-order valence-corrected chi connectivity index (χ1v) is 12.6. The first kappa shape index (κ1) is 21.9. The Kier molecular flexibility index (Phi) is 6.75. The number of likely N-dealkylation sites (N-methyl/N-ethyl adjacent to an activating group) is 1. The number of anilines is 2. The van der Waals surface area contributed by atoms with E-state index in [2.05, 4.69) is 41.1 Å². The fourth-order valence-electron chi connectivity index (χ4n) is 5.69. The molecule has 2 aromatic heterocycles. The lowest BCUT2D eigenvalue weighted by Crippen LogP contribution is -2.50. The van der Waals surface area contributed by atoms with E-state index in [-0.39, 0.29) is 0 Å². The minimum Gasteiger partial charge on any atom is -0.368 e. The molecule has 2 N–H and O–H groups in total. The van der Waals surface area contributed by atoms with E-state index in [0.717, 1.165) is 75.3 Å². The molecular formula is C23H39N9. The summed E-state index contributed by atoms with van der Waals surface area (Å²) in [6.45, 7) is 14.3. The van der Waals surface area contributed by atoms with Crippen LogP contribution in [0.4, 0.5) is 11.8 Å². The second kappa shape index (κ2) is 9.89. The monoisotopic (exact) mass is 441 g/mol. The average Bonchev–Trinajstić information content (AvgIpc) is 3.50. The fourth-order valence-corrected chi connectivity index (χ4v) is 5.69. The molecule has 0 atom stereocenters. The number of aryl methyl sites for hydroxylation is 1. The van der Waals surface area contributed by atoms with Crippen molar-refractivity contribution in [1.82, 2.24) is 34.2 Å². The van der Waals surface area contributed by atoms with Gasteiger partial charge in [0.1, 0.15) is 0 Å². The number of aromatic nitrogens is 4. The van der Waals surface area contributed by atoms with Gasteiger partial charge in [0.05, 0.1) is 6.33 Å². The maximum atomic E-state index is 6.14. The summed E-state index contributed by atoms with van der Waals surface area (Å²) in [5.74, 6) is 1.26. The second-order valence-electron chi connectivity index (χ2n) is 9.61. The lowest BCUT2D eigenvalue weighted by atomic mass is 10.2. The maximum absolute atomic E-state index is 6.14. The van der Waals surface area contributed by atoms with E-state index in [1.807, 2.05) is 6.33 Å². The van der Waals surface area contributed by atoms with Crippen LogP contribution in [0.2, 0.25) is 0 Å². The summed E-state index contributed by atoms with van der Waals surface area (Å²) in [7, 11) is 0. The predicted octanol–water partition coefficient (Wildman–Crippen LogP) is 1.50. The summed E-state index contributed by atoms with van der Waals surface area (Å²) < 4.78 is 2.16. The molecule has 176 valence electrons. The Bertz CT molecular complexity index is 875. The second-order valence-corrected chi connectivity index (χ2v) is 9.61. The van der Waals surface area contributed by atoms with Crippen molar-refractivity contribution in [3.63, 3.8) is 0 Å². The summed E-state index contributed by atoms with van der Waals surface area (Å²) in [6.07, 6.45) is 8.52. The zero-order chi connectivity index (χ0) is 21.9. The van der Waals surface area contributed by atoms with Gasteiger partial charge >= 0.3 is 0 Å². The van der Waals surface area contributed by atoms with E-state index < -0.39 is 0 Å². The molecule has 5 rings (SSSR count). The highest BCUT2D eigenvalue weighted by Gasteiger charge is 2.28. The van der Waals surface area contributed by atoms with Crippen molar-refractivity contribution in [2.45, 2.75) is 51.6 Å². The first-order chi connectivity index (χ1) is 15.7. The van der Waals surface area contributed by atoms with Crippen LogP contribution in [0.5, 0.6) is 0 Å². The van der Waals surface area contributed by atoms with Crippen LogP contribution in [-0.2, 0) is 6.54 Å². The molecule has 0 unspecified atom stereocenters. The summed E-state index contributed by atoms with van der Waals surface area (Å²) in [5, 5.41) is 0. The largest absolute Gasteiger partial charge is 0.368 e. The Morgan fingerprint density at radius 3 is 2.34 bits per heavy atom. The van der Waals surface area contributed by atoms with Crippen molar-refractivity contribution in [3.8, 4) is 0 Å². The quantitative estimate of drug-likeness (QED) is 0.692. The first-order valence-electron chi connectivity index (χ1n) is 12.6. The summed E-state index contributed by atoms with van der Waals surface area (Å²) in [6, 6.07) is 0.789. The van der Waals surface area contributed by atoms with Gasteiger partial charge in [-0.05, 0) is 32.4 Å². The van der Waals surface area contributed by atoms with Gasteiger partial charge in [-0.1, -0.05) is 19.8 Å². The van der Waals surface area contributed by atoms with Gasteiger partial charge in [-0.15, -0.1) is 0 Å². The predicted molar refractivity (Wildman–Crippen MR) is 129 cm³/mol. The number of hydrogen-bond donors (Lipinski definition) is 1. The third-order valence-electron chi connectivity index (χ3n) is 7.70. The normalized spacial score (nSPS) is 22.3. The molecule has 2 aliphatic heterocycles. The molecule has 2 aromatic rings. The maximum Gasteiger partial charge on any atom is 0.224 e.